The zero-order chi connectivity index (χ0) is 20.8. The number of nitrogens with zero attached hydrogens (tertiary/aromatic N) is 3. The van der Waals surface area contributed by atoms with Gasteiger partial charge in [-0.1, -0.05) is 60.7 Å². The fourth-order valence-electron chi connectivity index (χ4n) is 4.10. The Morgan fingerprint density at radius 1 is 0.677 bits per heavy atom. The van der Waals surface area contributed by atoms with Crippen molar-refractivity contribution in [3.8, 4) is 11.3 Å². The van der Waals surface area contributed by atoms with Gasteiger partial charge in [-0.3, -0.25) is 4.79 Å². The van der Waals surface area contributed by atoms with Gasteiger partial charge in [0.05, 0.1) is 22.4 Å². The Bertz CT molecular complexity index is 1530. The van der Waals surface area contributed by atoms with Crippen LogP contribution < -0.4 is 0 Å². The Kier molecular flexibility index (Phi) is 3.96. The summed E-state index contributed by atoms with van der Waals surface area (Å²) in [6.45, 7) is 0. The molecule has 0 atom stereocenters. The van der Waals surface area contributed by atoms with Crippen LogP contribution in [0, 0.1) is 0 Å². The summed E-state index contributed by atoms with van der Waals surface area (Å²) in [4.78, 5) is 27.6. The van der Waals surface area contributed by atoms with Crippen molar-refractivity contribution in [1.29, 1.82) is 0 Å². The average molecular weight is 399 g/mol. The standard InChI is InChI=1S/C27H17N3O/c31-25-16-19-9-3-6-12-23(19)30-27(25)26-20(15-18-8-2-5-11-22(18)29-26)24-14-13-17-7-1-4-10-21(17)28-24/h1-15H,16H2. The zero-order valence-electron chi connectivity index (χ0n) is 16.6. The van der Waals surface area contributed by atoms with E-state index in [2.05, 4.69) is 12.1 Å². The summed E-state index contributed by atoms with van der Waals surface area (Å²) in [6.07, 6.45) is 0.327. The lowest BCUT2D eigenvalue weighted by molar-refractivity contribution is -0.112. The van der Waals surface area contributed by atoms with Crippen LogP contribution in [0.25, 0.3) is 33.1 Å². The van der Waals surface area contributed by atoms with E-state index in [9.17, 15) is 4.79 Å². The molecule has 0 N–H and O–H groups in total. The summed E-state index contributed by atoms with van der Waals surface area (Å²) >= 11 is 0. The first-order valence-electron chi connectivity index (χ1n) is 10.2. The van der Waals surface area contributed by atoms with Gasteiger partial charge in [-0.15, -0.1) is 0 Å². The molecule has 6 rings (SSSR count). The number of Topliss-reactive ketones (excluding diaryl/α,β-unsaturated/α-hetero) is 1. The summed E-state index contributed by atoms with van der Waals surface area (Å²) < 4.78 is 0. The lowest BCUT2D eigenvalue weighted by atomic mass is 9.94. The Morgan fingerprint density at radius 2 is 1.39 bits per heavy atom. The first-order valence-corrected chi connectivity index (χ1v) is 10.2. The van der Waals surface area contributed by atoms with Crippen LogP contribution in [-0.4, -0.2) is 21.5 Å². The Labute approximate surface area is 178 Å². The van der Waals surface area contributed by atoms with Gasteiger partial charge >= 0.3 is 0 Å². The maximum Gasteiger partial charge on any atom is 0.187 e. The monoisotopic (exact) mass is 399 g/mol. The highest BCUT2D eigenvalue weighted by Crippen LogP contribution is 2.31. The average Bonchev–Trinajstić information content (AvgIpc) is 2.82. The molecular formula is C27H17N3O. The summed E-state index contributed by atoms with van der Waals surface area (Å²) in [5.41, 5.74) is 6.08. The molecule has 0 spiro atoms. The molecule has 0 radical (unpaired) electrons. The largest absolute Gasteiger partial charge is 0.292 e. The van der Waals surface area contributed by atoms with Gasteiger partial charge in [-0.2, -0.15) is 0 Å². The zero-order valence-corrected chi connectivity index (χ0v) is 16.6. The van der Waals surface area contributed by atoms with E-state index in [0.717, 1.165) is 44.3 Å². The molecule has 1 aliphatic heterocycles. The predicted molar refractivity (Wildman–Crippen MR) is 124 cm³/mol. The Hall–Kier alpha value is -4.18. The van der Waals surface area contributed by atoms with E-state index in [0.29, 0.717) is 17.8 Å². The van der Waals surface area contributed by atoms with Gasteiger partial charge in [0.2, 0.25) is 0 Å². The van der Waals surface area contributed by atoms with Gasteiger partial charge in [-0.25, -0.2) is 15.0 Å². The quantitative estimate of drug-likeness (QED) is 0.383. The fraction of sp³-hybridized carbons (Fsp3) is 0.0370. The highest BCUT2D eigenvalue weighted by atomic mass is 16.1. The molecule has 0 saturated carbocycles. The van der Waals surface area contributed by atoms with E-state index in [1.54, 1.807) is 0 Å². The van der Waals surface area contributed by atoms with Gasteiger partial charge in [-0.05, 0) is 35.9 Å². The van der Waals surface area contributed by atoms with Crippen LogP contribution in [0.2, 0.25) is 0 Å². The lowest BCUT2D eigenvalue weighted by Crippen LogP contribution is -2.23. The molecule has 4 heteroatoms. The summed E-state index contributed by atoms with van der Waals surface area (Å²) in [6, 6.07) is 29.8. The van der Waals surface area contributed by atoms with Crippen molar-refractivity contribution < 1.29 is 4.79 Å². The molecule has 0 aliphatic carbocycles. The highest BCUT2D eigenvalue weighted by molar-refractivity contribution is 6.48. The molecule has 0 bridgehead atoms. The SMILES string of the molecule is O=C1Cc2ccccc2N=C1c1nc2ccccc2cc1-c1ccc2ccccc2n1. The summed E-state index contributed by atoms with van der Waals surface area (Å²) in [5, 5.41) is 2.07. The fourth-order valence-corrected chi connectivity index (χ4v) is 4.10. The maximum absolute atomic E-state index is 13.1. The third kappa shape index (κ3) is 3.01. The van der Waals surface area contributed by atoms with Crippen molar-refractivity contribution in [1.82, 2.24) is 9.97 Å². The van der Waals surface area contributed by atoms with E-state index >= 15 is 0 Å². The number of ketones is 1. The number of hydrogen-bond acceptors (Lipinski definition) is 4. The second-order valence-corrected chi connectivity index (χ2v) is 7.66. The van der Waals surface area contributed by atoms with Crippen LogP contribution in [0.15, 0.2) is 96.0 Å². The minimum absolute atomic E-state index is 0.0245. The normalized spacial score (nSPS) is 13.3. The molecule has 0 amide bonds. The molecule has 4 nitrogen and oxygen atoms in total. The molecule has 0 unspecified atom stereocenters. The predicted octanol–water partition coefficient (Wildman–Crippen LogP) is 5.70. The van der Waals surface area contributed by atoms with Crippen molar-refractivity contribution in [3.63, 3.8) is 0 Å². The number of benzene rings is 3. The first-order chi connectivity index (χ1) is 15.3. The summed E-state index contributed by atoms with van der Waals surface area (Å²) in [7, 11) is 0. The van der Waals surface area contributed by atoms with Gasteiger partial charge in [0.15, 0.2) is 5.78 Å². The van der Waals surface area contributed by atoms with Crippen LogP contribution in [0.3, 0.4) is 0 Å². The van der Waals surface area contributed by atoms with Crippen molar-refractivity contribution >= 4 is 39.0 Å². The molecule has 3 aromatic carbocycles. The van der Waals surface area contributed by atoms with E-state index in [1.165, 1.54) is 0 Å². The van der Waals surface area contributed by atoms with Gasteiger partial charge in [0.1, 0.15) is 11.4 Å². The van der Waals surface area contributed by atoms with Gasteiger partial charge in [0, 0.05) is 22.8 Å². The number of aliphatic imine (C=N–C) groups is 1. The number of rotatable bonds is 2. The molecule has 0 saturated heterocycles. The number of aromatic nitrogens is 2. The molecule has 1 aliphatic rings. The third-order valence-corrected chi connectivity index (χ3v) is 5.66. The second-order valence-electron chi connectivity index (χ2n) is 7.66. The molecular weight excluding hydrogens is 382 g/mol. The molecule has 2 aromatic heterocycles. The van der Waals surface area contributed by atoms with Crippen molar-refractivity contribution in [2.24, 2.45) is 4.99 Å². The van der Waals surface area contributed by atoms with Crippen molar-refractivity contribution in [2.45, 2.75) is 6.42 Å². The van der Waals surface area contributed by atoms with E-state index in [4.69, 9.17) is 15.0 Å². The Balaban J connectivity index is 1.63. The first kappa shape index (κ1) is 17.7. The van der Waals surface area contributed by atoms with Gasteiger partial charge in [0.25, 0.3) is 0 Å². The smallest absolute Gasteiger partial charge is 0.187 e. The molecule has 3 heterocycles. The number of carbonyl (C=O) groups is 1. The second kappa shape index (κ2) is 6.96. The minimum Gasteiger partial charge on any atom is -0.292 e. The van der Waals surface area contributed by atoms with Crippen LogP contribution >= 0.6 is 0 Å². The van der Waals surface area contributed by atoms with Crippen molar-refractivity contribution in [3.05, 3.63) is 102 Å². The molecule has 146 valence electrons. The van der Waals surface area contributed by atoms with Crippen LogP contribution in [0.4, 0.5) is 5.69 Å². The number of carbonyl (C=O) groups excluding carboxylic acids is 1. The van der Waals surface area contributed by atoms with E-state index in [-0.39, 0.29) is 5.78 Å². The van der Waals surface area contributed by atoms with Crippen LogP contribution in [0.5, 0.6) is 0 Å². The number of fused-ring (bicyclic) bond motifs is 3. The minimum atomic E-state index is -0.0245. The molecule has 0 fully saturated rings. The van der Waals surface area contributed by atoms with Crippen molar-refractivity contribution in [2.75, 3.05) is 0 Å². The highest BCUT2D eigenvalue weighted by Gasteiger charge is 2.26. The van der Waals surface area contributed by atoms with Crippen LogP contribution in [0.1, 0.15) is 11.3 Å². The third-order valence-electron chi connectivity index (χ3n) is 5.66. The van der Waals surface area contributed by atoms with E-state index < -0.39 is 0 Å². The van der Waals surface area contributed by atoms with Gasteiger partial charge < -0.3 is 0 Å². The number of pyridine rings is 2. The number of para-hydroxylation sites is 3. The van der Waals surface area contributed by atoms with Crippen LogP contribution in [-0.2, 0) is 11.2 Å². The number of hydrogen-bond donors (Lipinski definition) is 0. The van der Waals surface area contributed by atoms with E-state index in [1.807, 2.05) is 78.9 Å². The topological polar surface area (TPSA) is 55.2 Å². The Morgan fingerprint density at radius 3 is 2.26 bits per heavy atom. The molecule has 31 heavy (non-hydrogen) atoms. The lowest BCUT2D eigenvalue weighted by Gasteiger charge is -2.17. The molecule has 5 aromatic rings. The summed E-state index contributed by atoms with van der Waals surface area (Å²) in [5.74, 6) is -0.0245. The maximum atomic E-state index is 13.1.